The molecule has 0 atom stereocenters. The smallest absolute Gasteiger partial charge is 0.327 e. The summed E-state index contributed by atoms with van der Waals surface area (Å²) in [4.78, 5) is 10.6. The van der Waals surface area contributed by atoms with Gasteiger partial charge >= 0.3 is 5.97 Å². The van der Waals surface area contributed by atoms with E-state index in [1.54, 1.807) is 6.07 Å². The molecular formula is C24H32F2O2. The van der Waals surface area contributed by atoms with Gasteiger partial charge in [0.25, 0.3) is 0 Å². The van der Waals surface area contributed by atoms with Gasteiger partial charge in [-0.15, -0.1) is 0 Å². The second-order valence-corrected chi connectivity index (χ2v) is 8.83. The molecule has 2 fully saturated rings. The number of rotatable bonds is 7. The zero-order valence-electron chi connectivity index (χ0n) is 16.6. The van der Waals surface area contributed by atoms with Crippen LogP contribution in [-0.4, -0.2) is 11.1 Å². The third-order valence-electron chi connectivity index (χ3n) is 7.00. The van der Waals surface area contributed by atoms with Gasteiger partial charge < -0.3 is 5.11 Å². The molecule has 0 radical (unpaired) electrons. The molecule has 0 heterocycles. The topological polar surface area (TPSA) is 37.3 Å². The maximum atomic E-state index is 13.3. The SMILES string of the molecule is O=C(O)/C=C/C[C@H]1CC[C@H]([C@H]2CC[C@H](CCc3ccc(F)c(F)c3)CC2)CC1. The molecule has 1 N–H and O–H groups in total. The number of hydrogen-bond donors (Lipinski definition) is 1. The van der Waals surface area contributed by atoms with Crippen molar-refractivity contribution in [1.29, 1.82) is 0 Å². The summed E-state index contributed by atoms with van der Waals surface area (Å²) in [6.45, 7) is 0. The molecule has 0 saturated heterocycles. The third kappa shape index (κ3) is 6.15. The van der Waals surface area contributed by atoms with E-state index >= 15 is 0 Å². The lowest BCUT2D eigenvalue weighted by Gasteiger charge is -2.37. The van der Waals surface area contributed by atoms with E-state index in [0.717, 1.165) is 36.7 Å². The molecule has 154 valence electrons. The first-order chi connectivity index (χ1) is 13.5. The highest BCUT2D eigenvalue weighted by molar-refractivity contribution is 5.79. The van der Waals surface area contributed by atoms with E-state index in [0.29, 0.717) is 11.8 Å². The summed E-state index contributed by atoms with van der Waals surface area (Å²) in [6.07, 6.45) is 16.0. The fraction of sp³-hybridized carbons (Fsp3) is 0.625. The Morgan fingerprint density at radius 1 is 0.929 bits per heavy atom. The lowest BCUT2D eigenvalue weighted by Crippen LogP contribution is -2.26. The van der Waals surface area contributed by atoms with Gasteiger partial charge in [0.1, 0.15) is 0 Å². The van der Waals surface area contributed by atoms with Gasteiger partial charge in [0.2, 0.25) is 0 Å². The van der Waals surface area contributed by atoms with Crippen molar-refractivity contribution in [3.05, 3.63) is 47.5 Å². The lowest BCUT2D eigenvalue weighted by atomic mass is 9.68. The maximum absolute atomic E-state index is 13.3. The standard InChI is InChI=1S/C24H32F2O2/c25-22-15-10-19(16-23(22)26)5-4-18-8-13-21(14-9-18)20-11-6-17(7-12-20)2-1-3-24(27)28/h1,3,10,15-18,20-21H,2,4-9,11-14H2,(H,27,28)/b3-1+/t17-,18-,20-,21-. The summed E-state index contributed by atoms with van der Waals surface area (Å²) < 4.78 is 26.4. The van der Waals surface area contributed by atoms with E-state index in [9.17, 15) is 13.6 Å². The molecular weight excluding hydrogens is 358 g/mol. The van der Waals surface area contributed by atoms with E-state index in [4.69, 9.17) is 5.11 Å². The summed E-state index contributed by atoms with van der Waals surface area (Å²) >= 11 is 0. The van der Waals surface area contributed by atoms with Crippen LogP contribution in [0.3, 0.4) is 0 Å². The maximum Gasteiger partial charge on any atom is 0.327 e. The monoisotopic (exact) mass is 390 g/mol. The number of benzene rings is 1. The zero-order chi connectivity index (χ0) is 19.9. The Hall–Kier alpha value is -1.71. The molecule has 1 aromatic carbocycles. The summed E-state index contributed by atoms with van der Waals surface area (Å²) in [5.41, 5.74) is 0.899. The predicted molar refractivity (Wildman–Crippen MR) is 107 cm³/mol. The van der Waals surface area contributed by atoms with Gasteiger partial charge in [-0.2, -0.15) is 0 Å². The van der Waals surface area contributed by atoms with E-state index in [1.807, 2.05) is 6.08 Å². The van der Waals surface area contributed by atoms with Gasteiger partial charge in [0, 0.05) is 6.08 Å². The molecule has 0 spiro atoms. The Kier molecular flexibility index (Phi) is 7.64. The van der Waals surface area contributed by atoms with Crippen LogP contribution in [0.1, 0.15) is 69.8 Å². The van der Waals surface area contributed by atoms with Crippen LogP contribution in [-0.2, 0) is 11.2 Å². The highest BCUT2D eigenvalue weighted by Crippen LogP contribution is 2.42. The molecule has 2 aliphatic carbocycles. The molecule has 2 nitrogen and oxygen atoms in total. The quantitative estimate of drug-likeness (QED) is 0.537. The number of carboxylic acid groups (broad SMARTS) is 1. The average Bonchev–Trinajstić information content (AvgIpc) is 2.70. The fourth-order valence-corrected chi connectivity index (χ4v) is 5.27. The number of carbonyl (C=O) groups is 1. The van der Waals surface area contributed by atoms with Crippen molar-refractivity contribution in [2.75, 3.05) is 0 Å². The van der Waals surface area contributed by atoms with Gasteiger partial charge in [-0.05, 0) is 99.2 Å². The van der Waals surface area contributed by atoms with Crippen LogP contribution in [0.25, 0.3) is 0 Å². The molecule has 0 amide bonds. The molecule has 0 unspecified atom stereocenters. The van der Waals surface area contributed by atoms with Crippen LogP contribution >= 0.6 is 0 Å². The Bertz CT molecular complexity index is 669. The Morgan fingerprint density at radius 2 is 1.54 bits per heavy atom. The molecule has 2 aliphatic rings. The summed E-state index contributed by atoms with van der Waals surface area (Å²) in [7, 11) is 0. The van der Waals surface area contributed by atoms with Crippen molar-refractivity contribution in [3.8, 4) is 0 Å². The molecule has 1 aromatic rings. The van der Waals surface area contributed by atoms with E-state index in [2.05, 4.69) is 0 Å². The van der Waals surface area contributed by atoms with Crippen molar-refractivity contribution in [1.82, 2.24) is 0 Å². The van der Waals surface area contributed by atoms with Crippen molar-refractivity contribution in [2.45, 2.75) is 70.6 Å². The summed E-state index contributed by atoms with van der Waals surface area (Å²) in [6, 6.07) is 4.27. The molecule has 0 bridgehead atoms. The van der Waals surface area contributed by atoms with Gasteiger partial charge in [-0.25, -0.2) is 13.6 Å². The third-order valence-corrected chi connectivity index (χ3v) is 7.00. The van der Waals surface area contributed by atoms with Gasteiger partial charge in [0.15, 0.2) is 11.6 Å². The number of allylic oxidation sites excluding steroid dienone is 1. The number of halogens is 2. The van der Waals surface area contributed by atoms with Crippen molar-refractivity contribution >= 4 is 5.97 Å². The van der Waals surface area contributed by atoms with Crippen LogP contribution in [0.5, 0.6) is 0 Å². The fourth-order valence-electron chi connectivity index (χ4n) is 5.27. The van der Waals surface area contributed by atoms with Gasteiger partial charge in [-0.1, -0.05) is 25.0 Å². The highest BCUT2D eigenvalue weighted by Gasteiger charge is 2.30. The molecule has 28 heavy (non-hydrogen) atoms. The van der Waals surface area contributed by atoms with Crippen LogP contribution in [0.4, 0.5) is 8.78 Å². The first-order valence-electron chi connectivity index (χ1n) is 10.8. The Labute approximate surface area is 167 Å². The van der Waals surface area contributed by atoms with Gasteiger partial charge in [0.05, 0.1) is 0 Å². The van der Waals surface area contributed by atoms with Crippen molar-refractivity contribution in [2.24, 2.45) is 23.7 Å². The minimum absolute atomic E-state index is 0.652. The Balaban J connectivity index is 1.35. The number of hydrogen-bond acceptors (Lipinski definition) is 1. The number of aryl methyl sites for hydroxylation is 1. The first kappa shape index (κ1) is 21.0. The van der Waals surface area contributed by atoms with Crippen LogP contribution in [0, 0.1) is 35.3 Å². The first-order valence-corrected chi connectivity index (χ1v) is 10.8. The van der Waals surface area contributed by atoms with E-state index < -0.39 is 17.6 Å². The van der Waals surface area contributed by atoms with E-state index in [1.165, 1.54) is 69.6 Å². The van der Waals surface area contributed by atoms with E-state index in [-0.39, 0.29) is 0 Å². The lowest BCUT2D eigenvalue weighted by molar-refractivity contribution is -0.131. The number of aliphatic carboxylic acids is 1. The van der Waals surface area contributed by atoms with Crippen LogP contribution in [0.2, 0.25) is 0 Å². The number of carboxylic acids is 1. The minimum Gasteiger partial charge on any atom is -0.478 e. The van der Waals surface area contributed by atoms with Gasteiger partial charge in [-0.3, -0.25) is 0 Å². The molecule has 4 heteroatoms. The molecule has 2 saturated carbocycles. The van der Waals surface area contributed by atoms with Crippen LogP contribution < -0.4 is 0 Å². The summed E-state index contributed by atoms with van der Waals surface area (Å²) in [5.74, 6) is 0.685. The van der Waals surface area contributed by atoms with Crippen molar-refractivity contribution < 1.29 is 18.7 Å². The Morgan fingerprint density at radius 3 is 2.11 bits per heavy atom. The van der Waals surface area contributed by atoms with Crippen molar-refractivity contribution in [3.63, 3.8) is 0 Å². The van der Waals surface area contributed by atoms with Crippen LogP contribution in [0.15, 0.2) is 30.4 Å². The molecule has 3 rings (SSSR count). The minimum atomic E-state index is -0.852. The highest BCUT2D eigenvalue weighted by atomic mass is 19.2. The molecule has 0 aliphatic heterocycles. The predicted octanol–water partition coefficient (Wildman–Crippen LogP) is 6.54. The molecule has 0 aromatic heterocycles. The summed E-state index contributed by atoms with van der Waals surface area (Å²) in [5, 5.41) is 8.68. The normalized spacial score (nSPS) is 28.5. The average molecular weight is 391 g/mol. The largest absolute Gasteiger partial charge is 0.478 e. The zero-order valence-corrected chi connectivity index (χ0v) is 16.6. The second-order valence-electron chi connectivity index (χ2n) is 8.83. The second kappa shape index (κ2) is 10.2.